The number of carbonyl (C=O) groups is 1. The van der Waals surface area contributed by atoms with Crippen LogP contribution < -0.4 is 5.32 Å². The van der Waals surface area contributed by atoms with Gasteiger partial charge in [0.2, 0.25) is 0 Å². The topological polar surface area (TPSA) is 78.8 Å². The molecule has 0 aliphatic heterocycles. The Labute approximate surface area is 212 Å². The minimum absolute atomic E-state index is 0.104. The molecule has 6 heteroatoms. The van der Waals surface area contributed by atoms with Crippen molar-refractivity contribution in [3.63, 3.8) is 0 Å². The summed E-state index contributed by atoms with van der Waals surface area (Å²) in [6.07, 6.45) is 5.56. The molecule has 1 aliphatic carbocycles. The van der Waals surface area contributed by atoms with Gasteiger partial charge in [-0.25, -0.2) is 4.79 Å². The number of carboxylic acid groups (broad SMARTS) is 1. The molecular weight excluding hydrogens is 458 g/mol. The quantitative estimate of drug-likeness (QED) is 0.285. The second kappa shape index (κ2) is 13.0. The van der Waals surface area contributed by atoms with E-state index in [-0.39, 0.29) is 11.6 Å². The molecule has 4 rings (SSSR count). The molecule has 1 saturated carbocycles. The zero-order chi connectivity index (χ0) is 25.3. The molecule has 0 saturated heterocycles. The van der Waals surface area contributed by atoms with Crippen molar-refractivity contribution in [2.75, 3.05) is 13.2 Å². The maximum Gasteiger partial charge on any atom is 0.327 e. The van der Waals surface area contributed by atoms with Gasteiger partial charge in [-0.2, -0.15) is 11.3 Å². The lowest BCUT2D eigenvalue weighted by molar-refractivity contribution is -0.131. The second-order valence-corrected chi connectivity index (χ2v) is 10.5. The summed E-state index contributed by atoms with van der Waals surface area (Å²) in [5, 5.41) is 28.6. The first-order chi connectivity index (χ1) is 16.8. The Hall–Kier alpha value is -2.51. The van der Waals surface area contributed by atoms with Gasteiger partial charge < -0.3 is 20.3 Å². The van der Waals surface area contributed by atoms with Gasteiger partial charge in [0, 0.05) is 18.2 Å². The Morgan fingerprint density at radius 1 is 1.20 bits per heavy atom. The highest BCUT2D eigenvalue weighted by Crippen LogP contribution is 2.43. The number of aliphatic hydroxyl groups is 1. The van der Waals surface area contributed by atoms with E-state index in [9.17, 15) is 9.90 Å². The number of aliphatic carboxylic acids is 1. The van der Waals surface area contributed by atoms with E-state index in [1.807, 2.05) is 0 Å². The Morgan fingerprint density at radius 2 is 1.94 bits per heavy atom. The number of hydrogen-bond acceptors (Lipinski definition) is 5. The minimum Gasteiger partial charge on any atom is -0.478 e. The Morgan fingerprint density at radius 3 is 2.54 bits per heavy atom. The van der Waals surface area contributed by atoms with Crippen molar-refractivity contribution in [3.05, 3.63) is 82.6 Å². The van der Waals surface area contributed by atoms with E-state index >= 15 is 0 Å². The van der Waals surface area contributed by atoms with Gasteiger partial charge in [-0.15, -0.1) is 0 Å². The standard InChI is InChI=1S/C25H31NO2S.C4H6O2/c1-25(2,14-18-7-8-19-5-3-4-6-21(19)13-18)26-15-23(27)16-28-24(20-9-10-20)22-11-12-29-17-22;1-2-3-4(5)6/h3-8,11-13,17,20,23-24,26-27H,9-10,14-16H2,1-2H3;2-3H,1H3,(H,5,6)/b;3-2+/t23-,24?;/m1./s1. The summed E-state index contributed by atoms with van der Waals surface area (Å²) in [7, 11) is 0. The van der Waals surface area contributed by atoms with Gasteiger partial charge in [-0.05, 0) is 84.7 Å². The average molecular weight is 496 g/mol. The van der Waals surface area contributed by atoms with E-state index in [0.717, 1.165) is 12.5 Å². The van der Waals surface area contributed by atoms with Crippen LogP contribution in [0.2, 0.25) is 0 Å². The van der Waals surface area contributed by atoms with Crippen LogP contribution in [0.1, 0.15) is 50.8 Å². The molecule has 3 N–H and O–H groups in total. The molecule has 1 aromatic heterocycles. The third kappa shape index (κ3) is 9.22. The lowest BCUT2D eigenvalue weighted by Crippen LogP contribution is -2.46. The first-order valence-corrected chi connectivity index (χ1v) is 13.1. The summed E-state index contributed by atoms with van der Waals surface area (Å²) in [6.45, 7) is 6.94. The van der Waals surface area contributed by atoms with E-state index in [2.05, 4.69) is 78.5 Å². The largest absolute Gasteiger partial charge is 0.478 e. The van der Waals surface area contributed by atoms with E-state index in [4.69, 9.17) is 9.84 Å². The van der Waals surface area contributed by atoms with E-state index in [1.165, 1.54) is 40.8 Å². The number of rotatable bonds is 11. The van der Waals surface area contributed by atoms with Crippen molar-refractivity contribution >= 4 is 28.1 Å². The molecular formula is C29H37NO4S. The number of allylic oxidation sites excluding steroid dienone is 1. The van der Waals surface area contributed by atoms with Crippen molar-refractivity contribution in [3.8, 4) is 0 Å². The van der Waals surface area contributed by atoms with Crippen LogP contribution in [0.5, 0.6) is 0 Å². The van der Waals surface area contributed by atoms with Crippen LogP contribution in [0, 0.1) is 5.92 Å². The van der Waals surface area contributed by atoms with Gasteiger partial charge >= 0.3 is 5.97 Å². The van der Waals surface area contributed by atoms with Crippen molar-refractivity contribution in [2.45, 2.75) is 57.8 Å². The number of fused-ring (bicyclic) bond motifs is 1. The van der Waals surface area contributed by atoms with Crippen LogP contribution >= 0.6 is 11.3 Å². The molecule has 0 amide bonds. The van der Waals surface area contributed by atoms with E-state index in [0.29, 0.717) is 19.1 Å². The molecule has 35 heavy (non-hydrogen) atoms. The number of hydrogen-bond donors (Lipinski definition) is 3. The fraction of sp³-hybridized carbons (Fsp3) is 0.414. The number of benzene rings is 2. The summed E-state index contributed by atoms with van der Waals surface area (Å²) >= 11 is 1.71. The summed E-state index contributed by atoms with van der Waals surface area (Å²) in [5.41, 5.74) is 2.46. The first-order valence-electron chi connectivity index (χ1n) is 12.2. The van der Waals surface area contributed by atoms with E-state index < -0.39 is 12.1 Å². The predicted molar refractivity (Wildman–Crippen MR) is 144 cm³/mol. The van der Waals surface area contributed by atoms with Gasteiger partial charge in [0.05, 0.1) is 18.8 Å². The molecule has 1 unspecified atom stereocenters. The zero-order valence-electron chi connectivity index (χ0n) is 20.8. The van der Waals surface area contributed by atoms with Gasteiger partial charge in [-0.3, -0.25) is 0 Å². The summed E-state index contributed by atoms with van der Waals surface area (Å²) in [4.78, 5) is 9.51. The molecule has 2 aromatic carbocycles. The van der Waals surface area contributed by atoms with Crippen molar-refractivity contribution < 1.29 is 19.7 Å². The zero-order valence-corrected chi connectivity index (χ0v) is 21.6. The highest BCUT2D eigenvalue weighted by Gasteiger charge is 2.33. The maximum atomic E-state index is 10.5. The Kier molecular flexibility index (Phi) is 10.0. The number of aliphatic hydroxyl groups excluding tert-OH is 1. The molecule has 1 aliphatic rings. The normalized spacial score (nSPS) is 15.5. The molecule has 188 valence electrons. The molecule has 0 bridgehead atoms. The number of carboxylic acids is 1. The van der Waals surface area contributed by atoms with Crippen LogP contribution in [-0.4, -0.2) is 41.0 Å². The lowest BCUT2D eigenvalue weighted by atomic mass is 9.93. The van der Waals surface area contributed by atoms with Crippen molar-refractivity contribution in [1.82, 2.24) is 5.32 Å². The number of ether oxygens (including phenoxy) is 1. The molecule has 0 radical (unpaired) electrons. The van der Waals surface area contributed by atoms with Crippen LogP contribution in [0.25, 0.3) is 10.8 Å². The number of thiophene rings is 1. The molecule has 3 aromatic rings. The van der Waals surface area contributed by atoms with Gasteiger partial charge in [0.1, 0.15) is 0 Å². The lowest BCUT2D eigenvalue weighted by Gasteiger charge is -2.28. The molecule has 1 heterocycles. The average Bonchev–Trinajstić information content (AvgIpc) is 3.51. The minimum atomic E-state index is -0.891. The summed E-state index contributed by atoms with van der Waals surface area (Å²) < 4.78 is 6.12. The summed E-state index contributed by atoms with van der Waals surface area (Å²) in [6, 6.07) is 17.2. The summed E-state index contributed by atoms with van der Waals surface area (Å²) in [5.74, 6) is -0.272. The first kappa shape index (κ1) is 27.1. The highest BCUT2D eigenvalue weighted by molar-refractivity contribution is 7.07. The fourth-order valence-corrected chi connectivity index (χ4v) is 4.76. The number of β-amino-alcohol motifs (C(OH)–C–C–N with tert-alkyl or cyclic N) is 1. The van der Waals surface area contributed by atoms with Gasteiger partial charge in [-0.1, -0.05) is 48.5 Å². The monoisotopic (exact) mass is 495 g/mol. The number of nitrogens with one attached hydrogen (secondary N) is 1. The van der Waals surface area contributed by atoms with Gasteiger partial charge in [0.15, 0.2) is 0 Å². The smallest absolute Gasteiger partial charge is 0.327 e. The van der Waals surface area contributed by atoms with Crippen LogP contribution in [0.3, 0.4) is 0 Å². The Balaban J connectivity index is 0.000000509. The predicted octanol–water partition coefficient (Wildman–Crippen LogP) is 5.99. The van der Waals surface area contributed by atoms with E-state index in [1.54, 1.807) is 18.3 Å². The second-order valence-electron chi connectivity index (χ2n) is 9.76. The van der Waals surface area contributed by atoms with Crippen molar-refractivity contribution in [1.29, 1.82) is 0 Å². The molecule has 1 fully saturated rings. The third-order valence-electron chi connectivity index (χ3n) is 5.98. The van der Waals surface area contributed by atoms with Crippen LogP contribution in [-0.2, 0) is 16.0 Å². The maximum absolute atomic E-state index is 10.5. The fourth-order valence-electron chi connectivity index (χ4n) is 4.07. The molecule has 5 nitrogen and oxygen atoms in total. The highest BCUT2D eigenvalue weighted by atomic mass is 32.1. The third-order valence-corrected chi connectivity index (χ3v) is 6.68. The van der Waals surface area contributed by atoms with Gasteiger partial charge in [0.25, 0.3) is 0 Å². The van der Waals surface area contributed by atoms with Crippen LogP contribution in [0.4, 0.5) is 0 Å². The molecule has 0 spiro atoms. The van der Waals surface area contributed by atoms with Crippen LogP contribution in [0.15, 0.2) is 71.4 Å². The van der Waals surface area contributed by atoms with Crippen molar-refractivity contribution in [2.24, 2.45) is 5.92 Å². The SMILES string of the molecule is C/C=C/C(=O)O.CC(C)(Cc1ccc2ccccc2c1)NC[C@@H](O)COC(c1ccsc1)C1CC1. The molecule has 2 atom stereocenters. The Bertz CT molecular complexity index is 1090.